The van der Waals surface area contributed by atoms with E-state index in [4.69, 9.17) is 0 Å². The van der Waals surface area contributed by atoms with Gasteiger partial charge in [-0.2, -0.15) is 0 Å². The molecule has 2 heterocycles. The number of thiophene rings is 1. The van der Waals surface area contributed by atoms with Gasteiger partial charge in [0.05, 0.1) is 10.6 Å². The fourth-order valence-electron chi connectivity index (χ4n) is 1.69. The van der Waals surface area contributed by atoms with Crippen molar-refractivity contribution in [2.24, 2.45) is 0 Å². The van der Waals surface area contributed by atoms with Crippen LogP contribution in [0.15, 0.2) is 46.9 Å². The SMILES string of the molecule is O=C(CSc1n[nH]c(-c2cccs2)n1)Nc1ccc(F)cc1. The highest BCUT2D eigenvalue weighted by molar-refractivity contribution is 7.99. The summed E-state index contributed by atoms with van der Waals surface area (Å²) >= 11 is 2.80. The second-order valence-corrected chi connectivity index (χ2v) is 6.18. The summed E-state index contributed by atoms with van der Waals surface area (Å²) in [6.45, 7) is 0. The Morgan fingerprint density at radius 2 is 2.14 bits per heavy atom. The molecule has 0 radical (unpaired) electrons. The van der Waals surface area contributed by atoms with Gasteiger partial charge in [0.2, 0.25) is 11.1 Å². The number of rotatable bonds is 5. The first-order valence-corrected chi connectivity index (χ1v) is 8.22. The van der Waals surface area contributed by atoms with Crippen LogP contribution in [0.25, 0.3) is 10.7 Å². The molecule has 0 spiro atoms. The van der Waals surface area contributed by atoms with Crippen molar-refractivity contribution in [3.63, 3.8) is 0 Å². The van der Waals surface area contributed by atoms with Crippen LogP contribution in [0, 0.1) is 5.82 Å². The number of H-pyrrole nitrogens is 1. The first-order chi connectivity index (χ1) is 10.7. The number of carbonyl (C=O) groups is 1. The predicted octanol–water partition coefficient (Wildman–Crippen LogP) is 3.40. The summed E-state index contributed by atoms with van der Waals surface area (Å²) in [5, 5.41) is 12.1. The van der Waals surface area contributed by atoms with E-state index in [1.165, 1.54) is 36.0 Å². The van der Waals surface area contributed by atoms with Gasteiger partial charge in [0.1, 0.15) is 5.82 Å². The third-order valence-electron chi connectivity index (χ3n) is 2.68. The Labute approximate surface area is 134 Å². The second-order valence-electron chi connectivity index (χ2n) is 4.29. The van der Waals surface area contributed by atoms with Crippen molar-refractivity contribution in [3.05, 3.63) is 47.6 Å². The molecule has 0 atom stereocenters. The van der Waals surface area contributed by atoms with Crippen LogP contribution in [-0.2, 0) is 4.79 Å². The third kappa shape index (κ3) is 3.71. The molecule has 0 unspecified atom stereocenters. The summed E-state index contributed by atoms with van der Waals surface area (Å²) < 4.78 is 12.8. The van der Waals surface area contributed by atoms with Crippen molar-refractivity contribution in [1.82, 2.24) is 15.2 Å². The van der Waals surface area contributed by atoms with Gasteiger partial charge in [-0.05, 0) is 35.7 Å². The molecule has 0 fully saturated rings. The lowest BCUT2D eigenvalue weighted by Crippen LogP contribution is -2.14. The molecular formula is C14H11FN4OS2. The van der Waals surface area contributed by atoms with Crippen LogP contribution >= 0.6 is 23.1 Å². The minimum atomic E-state index is -0.339. The molecule has 5 nitrogen and oxygen atoms in total. The average Bonchev–Trinajstić information content (AvgIpc) is 3.18. The first kappa shape index (κ1) is 14.7. The summed E-state index contributed by atoms with van der Waals surface area (Å²) in [7, 11) is 0. The smallest absolute Gasteiger partial charge is 0.234 e. The largest absolute Gasteiger partial charge is 0.325 e. The van der Waals surface area contributed by atoms with Gasteiger partial charge >= 0.3 is 0 Å². The van der Waals surface area contributed by atoms with Gasteiger partial charge in [-0.3, -0.25) is 9.89 Å². The van der Waals surface area contributed by atoms with Crippen molar-refractivity contribution in [2.45, 2.75) is 5.16 Å². The number of anilines is 1. The molecule has 2 aromatic heterocycles. The van der Waals surface area contributed by atoms with Crippen LogP contribution in [0.2, 0.25) is 0 Å². The van der Waals surface area contributed by atoms with E-state index in [9.17, 15) is 9.18 Å². The fourth-order valence-corrected chi connectivity index (χ4v) is 2.96. The van der Waals surface area contributed by atoms with Gasteiger partial charge < -0.3 is 5.32 Å². The zero-order valence-electron chi connectivity index (χ0n) is 11.2. The highest BCUT2D eigenvalue weighted by Crippen LogP contribution is 2.23. The van der Waals surface area contributed by atoms with Crippen LogP contribution in [0.5, 0.6) is 0 Å². The van der Waals surface area contributed by atoms with Crippen molar-refractivity contribution in [3.8, 4) is 10.7 Å². The minimum Gasteiger partial charge on any atom is -0.325 e. The zero-order chi connectivity index (χ0) is 15.4. The molecular weight excluding hydrogens is 323 g/mol. The molecule has 0 aliphatic heterocycles. The second kappa shape index (κ2) is 6.71. The molecule has 1 amide bonds. The number of aromatic amines is 1. The fraction of sp³-hybridized carbons (Fsp3) is 0.0714. The molecule has 1 aromatic carbocycles. The number of nitrogens with zero attached hydrogens (tertiary/aromatic N) is 2. The van der Waals surface area contributed by atoms with Gasteiger partial charge in [0.15, 0.2) is 5.82 Å². The van der Waals surface area contributed by atoms with Crippen LogP contribution in [0.1, 0.15) is 0 Å². The number of benzene rings is 1. The third-order valence-corrected chi connectivity index (χ3v) is 4.40. The van der Waals surface area contributed by atoms with E-state index in [-0.39, 0.29) is 17.5 Å². The first-order valence-electron chi connectivity index (χ1n) is 6.35. The van der Waals surface area contributed by atoms with Crippen molar-refractivity contribution >= 4 is 34.7 Å². The highest BCUT2D eigenvalue weighted by atomic mass is 32.2. The average molecular weight is 334 g/mol. The summed E-state index contributed by atoms with van der Waals surface area (Å²) in [5.74, 6) is 0.337. The van der Waals surface area contributed by atoms with Crippen LogP contribution < -0.4 is 5.32 Å². The molecule has 0 bridgehead atoms. The molecule has 8 heteroatoms. The summed E-state index contributed by atoms with van der Waals surface area (Å²) in [4.78, 5) is 17.1. The Morgan fingerprint density at radius 1 is 1.32 bits per heavy atom. The maximum absolute atomic E-state index is 12.8. The van der Waals surface area contributed by atoms with Crippen LogP contribution in [-0.4, -0.2) is 26.8 Å². The van der Waals surface area contributed by atoms with E-state index in [1.54, 1.807) is 11.3 Å². The van der Waals surface area contributed by atoms with E-state index < -0.39 is 0 Å². The lowest BCUT2D eigenvalue weighted by atomic mass is 10.3. The number of halogens is 1. The Morgan fingerprint density at radius 3 is 2.86 bits per heavy atom. The van der Waals surface area contributed by atoms with E-state index in [1.807, 2.05) is 17.5 Å². The van der Waals surface area contributed by atoms with Crippen LogP contribution in [0.3, 0.4) is 0 Å². The molecule has 0 aliphatic rings. The Balaban J connectivity index is 1.54. The monoisotopic (exact) mass is 334 g/mol. The molecule has 0 aliphatic carbocycles. The predicted molar refractivity (Wildman–Crippen MR) is 85.4 cm³/mol. The van der Waals surface area contributed by atoms with Gasteiger partial charge in [-0.25, -0.2) is 9.37 Å². The van der Waals surface area contributed by atoms with Gasteiger partial charge in [-0.1, -0.05) is 17.8 Å². The lowest BCUT2D eigenvalue weighted by Gasteiger charge is -2.03. The summed E-state index contributed by atoms with van der Waals surface area (Å²) in [6.07, 6.45) is 0. The van der Waals surface area contributed by atoms with Gasteiger partial charge in [-0.15, -0.1) is 16.4 Å². The van der Waals surface area contributed by atoms with Gasteiger partial charge in [0.25, 0.3) is 0 Å². The number of hydrogen-bond donors (Lipinski definition) is 2. The van der Waals surface area contributed by atoms with E-state index >= 15 is 0 Å². The topological polar surface area (TPSA) is 70.7 Å². The van der Waals surface area contributed by atoms with E-state index in [2.05, 4.69) is 20.5 Å². The maximum Gasteiger partial charge on any atom is 0.234 e. The molecule has 0 saturated carbocycles. The highest BCUT2D eigenvalue weighted by Gasteiger charge is 2.09. The molecule has 112 valence electrons. The Bertz CT molecular complexity index is 756. The van der Waals surface area contributed by atoms with Crippen molar-refractivity contribution < 1.29 is 9.18 Å². The number of nitrogens with one attached hydrogen (secondary N) is 2. The number of carbonyl (C=O) groups excluding carboxylic acids is 1. The number of amides is 1. The zero-order valence-corrected chi connectivity index (χ0v) is 12.9. The van der Waals surface area contributed by atoms with E-state index in [0.29, 0.717) is 16.7 Å². The quantitative estimate of drug-likeness (QED) is 0.702. The molecule has 2 N–H and O–H groups in total. The molecule has 0 saturated heterocycles. The number of hydrogen-bond acceptors (Lipinski definition) is 5. The Hall–Kier alpha value is -2.19. The maximum atomic E-state index is 12.8. The molecule has 3 rings (SSSR count). The van der Waals surface area contributed by atoms with Crippen LogP contribution in [0.4, 0.5) is 10.1 Å². The van der Waals surface area contributed by atoms with E-state index in [0.717, 1.165) is 4.88 Å². The standard InChI is InChI=1S/C14H11FN4OS2/c15-9-3-5-10(6-4-9)16-12(20)8-22-14-17-13(18-19-14)11-2-1-7-21-11/h1-7H,8H2,(H,16,20)(H,17,18,19). The summed E-state index contributed by atoms with van der Waals surface area (Å²) in [5.41, 5.74) is 0.557. The van der Waals surface area contributed by atoms with Crippen molar-refractivity contribution in [1.29, 1.82) is 0 Å². The lowest BCUT2D eigenvalue weighted by molar-refractivity contribution is -0.113. The Kier molecular flexibility index (Phi) is 4.50. The number of aromatic nitrogens is 3. The number of thioether (sulfide) groups is 1. The normalized spacial score (nSPS) is 10.6. The molecule has 22 heavy (non-hydrogen) atoms. The summed E-state index contributed by atoms with van der Waals surface area (Å²) in [6, 6.07) is 9.50. The van der Waals surface area contributed by atoms with Gasteiger partial charge in [0, 0.05) is 5.69 Å². The van der Waals surface area contributed by atoms with Crippen molar-refractivity contribution in [2.75, 3.05) is 11.1 Å². The molecule has 3 aromatic rings. The minimum absolute atomic E-state index is 0.180.